The van der Waals surface area contributed by atoms with Crippen molar-refractivity contribution in [3.05, 3.63) is 28.4 Å². The highest BCUT2D eigenvalue weighted by atomic mass is 35.5. The summed E-state index contributed by atoms with van der Waals surface area (Å²) < 4.78 is 5.20. The van der Waals surface area contributed by atoms with Crippen LogP contribution < -0.4 is 4.74 Å². The molecular formula is C11H10ClNO2. The average molecular weight is 224 g/mol. The molecule has 0 spiro atoms. The number of aldehydes is 1. The number of methoxy groups -OCH3 is 1. The number of fused-ring (bicyclic) bond motifs is 1. The topological polar surface area (TPSA) is 42.1 Å². The molecule has 0 amide bonds. The molecule has 0 radical (unpaired) electrons. The monoisotopic (exact) mass is 223 g/mol. The molecule has 3 nitrogen and oxygen atoms in total. The summed E-state index contributed by atoms with van der Waals surface area (Å²) in [4.78, 5) is 14.1. The molecule has 0 bridgehead atoms. The fourth-order valence-corrected chi connectivity index (χ4v) is 1.97. The molecule has 0 aliphatic heterocycles. The summed E-state index contributed by atoms with van der Waals surface area (Å²) in [6.07, 6.45) is 0.813. The Balaban J connectivity index is 2.93. The highest BCUT2D eigenvalue weighted by molar-refractivity contribution is 6.33. The zero-order chi connectivity index (χ0) is 11.0. The van der Waals surface area contributed by atoms with Gasteiger partial charge in [0.1, 0.15) is 5.75 Å². The first-order valence-electron chi connectivity index (χ1n) is 4.49. The SMILES string of the molecule is COc1c(Cl)ccc2[nH]c(C)c(C=O)c12. The lowest BCUT2D eigenvalue weighted by Gasteiger charge is -2.04. The molecule has 0 aliphatic rings. The van der Waals surface area contributed by atoms with Gasteiger partial charge in [0.2, 0.25) is 0 Å². The van der Waals surface area contributed by atoms with Crippen molar-refractivity contribution in [1.29, 1.82) is 0 Å². The van der Waals surface area contributed by atoms with Crippen molar-refractivity contribution in [2.24, 2.45) is 0 Å². The number of hydrogen-bond donors (Lipinski definition) is 1. The van der Waals surface area contributed by atoms with E-state index < -0.39 is 0 Å². The molecule has 1 aromatic heterocycles. The number of aromatic amines is 1. The normalized spacial score (nSPS) is 10.6. The minimum absolute atomic E-state index is 0.507. The minimum atomic E-state index is 0.507. The molecule has 1 N–H and O–H groups in total. The molecule has 15 heavy (non-hydrogen) atoms. The molecule has 1 aromatic carbocycles. The maximum atomic E-state index is 11.0. The second-order valence-electron chi connectivity index (χ2n) is 3.28. The number of carbonyl (C=O) groups is 1. The van der Waals surface area contributed by atoms with Crippen molar-refractivity contribution in [3.8, 4) is 5.75 Å². The van der Waals surface area contributed by atoms with Crippen LogP contribution in [0.1, 0.15) is 16.1 Å². The average Bonchev–Trinajstić information content (AvgIpc) is 2.54. The molecule has 78 valence electrons. The van der Waals surface area contributed by atoms with E-state index in [9.17, 15) is 4.79 Å². The maximum absolute atomic E-state index is 11.0. The molecule has 1 heterocycles. The summed E-state index contributed by atoms with van der Waals surface area (Å²) in [5.74, 6) is 0.542. The second-order valence-corrected chi connectivity index (χ2v) is 3.69. The van der Waals surface area contributed by atoms with Crippen LogP contribution in [0.2, 0.25) is 5.02 Å². The van der Waals surface area contributed by atoms with Gasteiger partial charge in [-0.1, -0.05) is 11.6 Å². The summed E-state index contributed by atoms with van der Waals surface area (Å²) in [6, 6.07) is 3.58. The minimum Gasteiger partial charge on any atom is -0.494 e. The fraction of sp³-hybridized carbons (Fsp3) is 0.182. The molecule has 0 atom stereocenters. The number of carbonyl (C=O) groups excluding carboxylic acids is 1. The lowest BCUT2D eigenvalue weighted by Crippen LogP contribution is -1.87. The quantitative estimate of drug-likeness (QED) is 0.796. The van der Waals surface area contributed by atoms with Crippen LogP contribution in [0.15, 0.2) is 12.1 Å². The van der Waals surface area contributed by atoms with Gasteiger partial charge in [-0.25, -0.2) is 0 Å². The Morgan fingerprint density at radius 3 is 2.80 bits per heavy atom. The van der Waals surface area contributed by atoms with Crippen LogP contribution in [0.25, 0.3) is 10.9 Å². The molecule has 0 saturated heterocycles. The van der Waals surface area contributed by atoms with Gasteiger partial charge < -0.3 is 9.72 Å². The Hall–Kier alpha value is -1.48. The first kappa shape index (κ1) is 10.1. The fourth-order valence-electron chi connectivity index (χ4n) is 1.73. The number of aromatic nitrogens is 1. The number of benzene rings is 1. The van der Waals surface area contributed by atoms with Gasteiger partial charge in [-0.15, -0.1) is 0 Å². The van der Waals surface area contributed by atoms with Gasteiger partial charge in [-0.2, -0.15) is 0 Å². The zero-order valence-electron chi connectivity index (χ0n) is 8.43. The second kappa shape index (κ2) is 3.59. The van der Waals surface area contributed by atoms with Gasteiger partial charge in [0.15, 0.2) is 6.29 Å². The van der Waals surface area contributed by atoms with Crippen LogP contribution in [-0.2, 0) is 0 Å². The summed E-state index contributed by atoms with van der Waals surface area (Å²) in [6.45, 7) is 1.84. The van der Waals surface area contributed by atoms with Crippen LogP contribution in [0, 0.1) is 6.92 Å². The molecule has 2 rings (SSSR count). The van der Waals surface area contributed by atoms with Gasteiger partial charge in [0, 0.05) is 11.3 Å². The van der Waals surface area contributed by atoms with E-state index >= 15 is 0 Å². The Labute approximate surface area is 92.0 Å². The molecule has 0 unspecified atom stereocenters. The van der Waals surface area contributed by atoms with E-state index in [1.165, 1.54) is 7.11 Å². The third-order valence-corrected chi connectivity index (χ3v) is 2.72. The van der Waals surface area contributed by atoms with Crippen molar-refractivity contribution in [2.45, 2.75) is 6.92 Å². The van der Waals surface area contributed by atoms with Crippen molar-refractivity contribution in [1.82, 2.24) is 4.98 Å². The number of ether oxygens (including phenoxy) is 1. The standard InChI is InChI=1S/C11H10ClNO2/c1-6-7(5-14)10-9(13-6)4-3-8(12)11(10)15-2/h3-5,13H,1-2H3. The highest BCUT2D eigenvalue weighted by Gasteiger charge is 2.14. The number of hydrogen-bond acceptors (Lipinski definition) is 2. The Kier molecular flexibility index (Phi) is 2.40. The Morgan fingerprint density at radius 2 is 2.20 bits per heavy atom. The van der Waals surface area contributed by atoms with Gasteiger partial charge in [0.25, 0.3) is 0 Å². The number of H-pyrrole nitrogens is 1. The number of halogens is 1. The molecular weight excluding hydrogens is 214 g/mol. The number of rotatable bonds is 2. The van der Waals surface area contributed by atoms with E-state index in [1.807, 2.05) is 13.0 Å². The Morgan fingerprint density at radius 1 is 1.47 bits per heavy atom. The summed E-state index contributed by atoms with van der Waals surface area (Å²) in [5, 5.41) is 1.25. The van der Waals surface area contributed by atoms with Crippen LogP contribution in [0.5, 0.6) is 5.75 Å². The van der Waals surface area contributed by atoms with Crippen LogP contribution in [0.3, 0.4) is 0 Å². The van der Waals surface area contributed by atoms with Crippen LogP contribution in [-0.4, -0.2) is 18.4 Å². The molecule has 2 aromatic rings. The molecule has 4 heteroatoms. The lowest BCUT2D eigenvalue weighted by atomic mass is 10.1. The lowest BCUT2D eigenvalue weighted by molar-refractivity contribution is 0.112. The van der Waals surface area contributed by atoms with Crippen molar-refractivity contribution in [3.63, 3.8) is 0 Å². The third-order valence-electron chi connectivity index (χ3n) is 2.43. The molecule has 0 saturated carbocycles. The van der Waals surface area contributed by atoms with Gasteiger partial charge >= 0.3 is 0 Å². The van der Waals surface area contributed by atoms with E-state index in [-0.39, 0.29) is 0 Å². The van der Waals surface area contributed by atoms with Gasteiger partial charge in [-0.05, 0) is 19.1 Å². The van der Waals surface area contributed by atoms with E-state index in [0.717, 1.165) is 22.9 Å². The van der Waals surface area contributed by atoms with E-state index in [2.05, 4.69) is 4.98 Å². The molecule has 0 aliphatic carbocycles. The van der Waals surface area contributed by atoms with Crippen LogP contribution in [0.4, 0.5) is 0 Å². The van der Waals surface area contributed by atoms with E-state index in [1.54, 1.807) is 6.07 Å². The highest BCUT2D eigenvalue weighted by Crippen LogP contribution is 2.35. The summed E-state index contributed by atoms with van der Waals surface area (Å²) >= 11 is 5.99. The summed E-state index contributed by atoms with van der Waals surface area (Å²) in [7, 11) is 1.54. The first-order valence-corrected chi connectivity index (χ1v) is 4.86. The predicted molar refractivity (Wildman–Crippen MR) is 60.0 cm³/mol. The largest absolute Gasteiger partial charge is 0.494 e. The van der Waals surface area contributed by atoms with Gasteiger partial charge in [0.05, 0.1) is 23.0 Å². The first-order chi connectivity index (χ1) is 7.19. The molecule has 0 fully saturated rings. The van der Waals surface area contributed by atoms with Crippen LogP contribution >= 0.6 is 11.6 Å². The number of aryl methyl sites for hydroxylation is 1. The van der Waals surface area contributed by atoms with Crippen molar-refractivity contribution >= 4 is 28.8 Å². The van der Waals surface area contributed by atoms with E-state index in [0.29, 0.717) is 16.3 Å². The van der Waals surface area contributed by atoms with Crippen molar-refractivity contribution in [2.75, 3.05) is 7.11 Å². The zero-order valence-corrected chi connectivity index (χ0v) is 9.18. The smallest absolute Gasteiger partial charge is 0.152 e. The number of nitrogens with one attached hydrogen (secondary N) is 1. The van der Waals surface area contributed by atoms with Gasteiger partial charge in [-0.3, -0.25) is 4.79 Å². The predicted octanol–water partition coefficient (Wildman–Crippen LogP) is 2.95. The Bertz CT molecular complexity index is 531. The van der Waals surface area contributed by atoms with E-state index in [4.69, 9.17) is 16.3 Å². The maximum Gasteiger partial charge on any atom is 0.152 e. The summed E-state index contributed by atoms with van der Waals surface area (Å²) in [5.41, 5.74) is 2.28. The third kappa shape index (κ3) is 1.39. The van der Waals surface area contributed by atoms with Crippen molar-refractivity contribution < 1.29 is 9.53 Å².